The van der Waals surface area contributed by atoms with Crippen LogP contribution in [0.3, 0.4) is 0 Å². The van der Waals surface area contributed by atoms with E-state index in [2.05, 4.69) is 5.32 Å². The molecule has 6 heteroatoms. The number of carboxylic acid groups (broad SMARTS) is 1. The molecule has 0 spiro atoms. The van der Waals surface area contributed by atoms with Gasteiger partial charge in [0, 0.05) is 0 Å². The van der Waals surface area contributed by atoms with E-state index in [0.29, 0.717) is 12.8 Å². The third-order valence-corrected chi connectivity index (χ3v) is 2.88. The molecule has 1 aromatic rings. The maximum atomic E-state index is 13.9. The van der Waals surface area contributed by atoms with E-state index in [1.807, 2.05) is 6.92 Å². The molecule has 0 aliphatic rings. The Balaban J connectivity index is 2.86. The van der Waals surface area contributed by atoms with Crippen LogP contribution in [0.2, 0.25) is 0 Å². The topological polar surface area (TPSA) is 75.6 Å². The molecule has 0 saturated carbocycles. The summed E-state index contributed by atoms with van der Waals surface area (Å²) < 4.78 is 18.7. The van der Waals surface area contributed by atoms with Gasteiger partial charge in [-0.25, -0.2) is 9.18 Å². The molecule has 1 rings (SSSR count). The lowest BCUT2D eigenvalue weighted by atomic mass is 10.1. The van der Waals surface area contributed by atoms with Crippen LogP contribution >= 0.6 is 0 Å². The molecular formula is C14H18FNO4. The highest BCUT2D eigenvalue weighted by Gasteiger charge is 2.22. The van der Waals surface area contributed by atoms with Gasteiger partial charge in [0.15, 0.2) is 11.6 Å². The fourth-order valence-corrected chi connectivity index (χ4v) is 1.75. The van der Waals surface area contributed by atoms with Gasteiger partial charge in [-0.2, -0.15) is 0 Å². The Morgan fingerprint density at radius 3 is 2.70 bits per heavy atom. The number of ether oxygens (including phenoxy) is 1. The van der Waals surface area contributed by atoms with Crippen molar-refractivity contribution in [1.82, 2.24) is 5.32 Å². The van der Waals surface area contributed by atoms with Crippen LogP contribution in [0.5, 0.6) is 5.75 Å². The first-order valence-electron chi connectivity index (χ1n) is 6.37. The maximum Gasteiger partial charge on any atom is 0.326 e. The summed E-state index contributed by atoms with van der Waals surface area (Å²) in [5.74, 6) is -2.75. The molecule has 1 amide bonds. The van der Waals surface area contributed by atoms with E-state index in [1.165, 1.54) is 25.3 Å². The SMILES string of the molecule is CCCC[C@H](NC(=O)c1cccc(OC)c1F)C(=O)O. The molecule has 1 atom stereocenters. The molecule has 20 heavy (non-hydrogen) atoms. The maximum absolute atomic E-state index is 13.9. The van der Waals surface area contributed by atoms with Gasteiger partial charge >= 0.3 is 5.97 Å². The van der Waals surface area contributed by atoms with Crippen LogP contribution in [-0.2, 0) is 4.79 Å². The number of carboxylic acids is 1. The van der Waals surface area contributed by atoms with Crippen molar-refractivity contribution in [3.63, 3.8) is 0 Å². The summed E-state index contributed by atoms with van der Waals surface area (Å²) in [6.07, 6.45) is 1.79. The highest BCUT2D eigenvalue weighted by molar-refractivity contribution is 5.97. The predicted octanol–water partition coefficient (Wildman–Crippen LogP) is 2.21. The van der Waals surface area contributed by atoms with Gasteiger partial charge < -0.3 is 15.2 Å². The van der Waals surface area contributed by atoms with Gasteiger partial charge in [0.05, 0.1) is 12.7 Å². The molecule has 0 unspecified atom stereocenters. The van der Waals surface area contributed by atoms with Gasteiger partial charge in [-0.1, -0.05) is 25.8 Å². The predicted molar refractivity (Wildman–Crippen MR) is 71.4 cm³/mol. The summed E-state index contributed by atoms with van der Waals surface area (Å²) in [6.45, 7) is 1.92. The molecule has 0 saturated heterocycles. The number of rotatable bonds is 7. The van der Waals surface area contributed by atoms with E-state index in [-0.39, 0.29) is 11.3 Å². The van der Waals surface area contributed by atoms with E-state index in [1.54, 1.807) is 0 Å². The average molecular weight is 283 g/mol. The van der Waals surface area contributed by atoms with Gasteiger partial charge in [0.1, 0.15) is 6.04 Å². The van der Waals surface area contributed by atoms with Gasteiger partial charge in [-0.3, -0.25) is 4.79 Å². The molecule has 0 aromatic heterocycles. The minimum atomic E-state index is -1.13. The summed E-state index contributed by atoms with van der Waals surface area (Å²) in [7, 11) is 1.29. The second kappa shape index (κ2) is 7.47. The van der Waals surface area contributed by atoms with Crippen molar-refractivity contribution < 1.29 is 23.8 Å². The Hall–Kier alpha value is -2.11. The lowest BCUT2D eigenvalue weighted by Crippen LogP contribution is -2.41. The lowest BCUT2D eigenvalue weighted by Gasteiger charge is -2.15. The molecule has 0 heterocycles. The van der Waals surface area contributed by atoms with E-state index in [4.69, 9.17) is 9.84 Å². The van der Waals surface area contributed by atoms with Gasteiger partial charge in [0.2, 0.25) is 0 Å². The van der Waals surface area contributed by atoms with Crippen molar-refractivity contribution in [2.24, 2.45) is 0 Å². The summed E-state index contributed by atoms with van der Waals surface area (Å²) >= 11 is 0. The Morgan fingerprint density at radius 2 is 2.15 bits per heavy atom. The minimum absolute atomic E-state index is 0.0573. The number of carbonyl (C=O) groups is 2. The van der Waals surface area contributed by atoms with Crippen LogP contribution in [0.25, 0.3) is 0 Å². The normalized spacial score (nSPS) is 11.8. The Labute approximate surface area is 116 Å². The summed E-state index contributed by atoms with van der Waals surface area (Å²) in [5, 5.41) is 11.4. The van der Waals surface area contributed by atoms with Crippen molar-refractivity contribution in [3.05, 3.63) is 29.6 Å². The van der Waals surface area contributed by atoms with Crippen LogP contribution in [0.15, 0.2) is 18.2 Å². The first kappa shape index (κ1) is 15.9. The number of halogens is 1. The molecule has 0 aliphatic heterocycles. The molecule has 5 nitrogen and oxygen atoms in total. The van der Waals surface area contributed by atoms with Crippen LogP contribution in [0.1, 0.15) is 36.5 Å². The van der Waals surface area contributed by atoms with E-state index >= 15 is 0 Å². The second-order valence-corrected chi connectivity index (χ2v) is 4.33. The number of methoxy groups -OCH3 is 1. The van der Waals surface area contributed by atoms with Gasteiger partial charge in [-0.05, 0) is 18.6 Å². The van der Waals surface area contributed by atoms with Crippen LogP contribution in [0, 0.1) is 5.82 Å². The van der Waals surface area contributed by atoms with Crippen LogP contribution < -0.4 is 10.1 Å². The first-order chi connectivity index (χ1) is 9.51. The monoisotopic (exact) mass is 283 g/mol. The van der Waals surface area contributed by atoms with Crippen molar-refractivity contribution in [2.75, 3.05) is 7.11 Å². The number of benzene rings is 1. The zero-order valence-corrected chi connectivity index (χ0v) is 11.5. The van der Waals surface area contributed by atoms with Gasteiger partial charge in [-0.15, -0.1) is 0 Å². The fourth-order valence-electron chi connectivity index (χ4n) is 1.75. The third kappa shape index (κ3) is 3.94. The highest BCUT2D eigenvalue weighted by Crippen LogP contribution is 2.20. The molecule has 0 radical (unpaired) electrons. The largest absolute Gasteiger partial charge is 0.494 e. The van der Waals surface area contributed by atoms with Crippen molar-refractivity contribution >= 4 is 11.9 Å². The lowest BCUT2D eigenvalue weighted by molar-refractivity contribution is -0.139. The molecule has 110 valence electrons. The number of amides is 1. The zero-order valence-electron chi connectivity index (χ0n) is 11.5. The second-order valence-electron chi connectivity index (χ2n) is 4.33. The van der Waals surface area contributed by atoms with E-state index in [9.17, 15) is 14.0 Å². The standard InChI is InChI=1S/C14H18FNO4/c1-3-4-7-10(14(18)19)16-13(17)9-6-5-8-11(20-2)12(9)15/h5-6,8,10H,3-4,7H2,1-2H3,(H,16,17)(H,18,19)/t10-/m0/s1. The Morgan fingerprint density at radius 1 is 1.45 bits per heavy atom. The molecule has 0 fully saturated rings. The van der Waals surface area contributed by atoms with Crippen molar-refractivity contribution in [1.29, 1.82) is 0 Å². The molecule has 2 N–H and O–H groups in total. The van der Waals surface area contributed by atoms with E-state index < -0.39 is 23.7 Å². The smallest absolute Gasteiger partial charge is 0.326 e. The third-order valence-electron chi connectivity index (χ3n) is 2.88. The number of hydrogen-bond acceptors (Lipinski definition) is 3. The number of aliphatic carboxylic acids is 1. The molecular weight excluding hydrogens is 265 g/mol. The van der Waals surface area contributed by atoms with Crippen LogP contribution in [-0.4, -0.2) is 30.1 Å². The van der Waals surface area contributed by atoms with Crippen molar-refractivity contribution in [2.45, 2.75) is 32.2 Å². The van der Waals surface area contributed by atoms with E-state index in [0.717, 1.165) is 6.42 Å². The van der Waals surface area contributed by atoms with Crippen molar-refractivity contribution in [3.8, 4) is 5.75 Å². The quantitative estimate of drug-likeness (QED) is 0.804. The number of hydrogen-bond donors (Lipinski definition) is 2. The number of carbonyl (C=O) groups excluding carboxylic acids is 1. The van der Waals surface area contributed by atoms with Crippen LogP contribution in [0.4, 0.5) is 4.39 Å². The summed E-state index contributed by atoms with van der Waals surface area (Å²) in [5.41, 5.74) is -0.230. The molecule has 1 aromatic carbocycles. The highest BCUT2D eigenvalue weighted by atomic mass is 19.1. The Kier molecular flexibility index (Phi) is 5.96. The molecule has 0 aliphatic carbocycles. The average Bonchev–Trinajstić information content (AvgIpc) is 2.43. The number of nitrogens with one attached hydrogen (secondary N) is 1. The fraction of sp³-hybridized carbons (Fsp3) is 0.429. The summed E-state index contributed by atoms with van der Waals surface area (Å²) in [6, 6.07) is 3.12. The summed E-state index contributed by atoms with van der Waals surface area (Å²) in [4.78, 5) is 23.0. The first-order valence-corrected chi connectivity index (χ1v) is 6.37. The van der Waals surface area contributed by atoms with Gasteiger partial charge in [0.25, 0.3) is 5.91 Å². The Bertz CT molecular complexity index is 490. The minimum Gasteiger partial charge on any atom is -0.494 e. The zero-order chi connectivity index (χ0) is 15.1. The molecule has 0 bridgehead atoms. The number of unbranched alkanes of at least 4 members (excludes halogenated alkanes) is 1.